The lowest BCUT2D eigenvalue weighted by Gasteiger charge is -2.16. The van der Waals surface area contributed by atoms with E-state index in [2.05, 4.69) is 16.0 Å². The van der Waals surface area contributed by atoms with Crippen LogP contribution in [0.15, 0.2) is 18.2 Å². The Morgan fingerprint density at radius 3 is 2.48 bits per heavy atom. The van der Waals surface area contributed by atoms with E-state index in [0.717, 1.165) is 31.5 Å². The van der Waals surface area contributed by atoms with Crippen molar-refractivity contribution in [3.8, 4) is 0 Å². The number of likely N-dealkylation sites (tertiary alicyclic amines) is 1. The Hall–Kier alpha value is -2.57. The zero-order valence-electron chi connectivity index (χ0n) is 13.4. The number of carbonyl (C=O) groups excluding carboxylic acids is 3. The molecule has 2 rings (SSSR count). The third-order valence-corrected chi connectivity index (χ3v) is 3.67. The molecule has 1 heterocycles. The van der Waals surface area contributed by atoms with E-state index in [1.807, 2.05) is 6.92 Å². The van der Waals surface area contributed by atoms with Gasteiger partial charge in [0.15, 0.2) is 0 Å². The molecule has 1 aliphatic rings. The van der Waals surface area contributed by atoms with Gasteiger partial charge in [0.25, 0.3) is 0 Å². The van der Waals surface area contributed by atoms with Crippen LogP contribution < -0.4 is 16.0 Å². The molecular formula is C16H22N4O3. The number of aryl methyl sites for hydroxylation is 1. The molecule has 0 saturated carbocycles. The molecule has 0 atom stereocenters. The zero-order chi connectivity index (χ0) is 16.8. The highest BCUT2D eigenvalue weighted by Crippen LogP contribution is 2.20. The largest absolute Gasteiger partial charge is 0.341 e. The molecule has 1 saturated heterocycles. The Morgan fingerprint density at radius 2 is 1.83 bits per heavy atom. The van der Waals surface area contributed by atoms with Crippen LogP contribution in [-0.2, 0) is 9.59 Å². The van der Waals surface area contributed by atoms with Crippen LogP contribution >= 0.6 is 0 Å². The van der Waals surface area contributed by atoms with Crippen molar-refractivity contribution in [2.75, 3.05) is 30.3 Å². The van der Waals surface area contributed by atoms with Crippen LogP contribution in [0.25, 0.3) is 0 Å². The van der Waals surface area contributed by atoms with Crippen molar-refractivity contribution in [2.24, 2.45) is 0 Å². The van der Waals surface area contributed by atoms with Crippen LogP contribution in [0.3, 0.4) is 0 Å². The fraction of sp³-hybridized carbons (Fsp3) is 0.438. The summed E-state index contributed by atoms with van der Waals surface area (Å²) >= 11 is 0. The summed E-state index contributed by atoms with van der Waals surface area (Å²) in [5.74, 6) is -0.244. The van der Waals surface area contributed by atoms with Gasteiger partial charge in [-0.2, -0.15) is 0 Å². The summed E-state index contributed by atoms with van der Waals surface area (Å²) in [6.07, 6.45) is 2.04. The van der Waals surface area contributed by atoms with Crippen molar-refractivity contribution < 1.29 is 14.4 Å². The molecule has 1 aromatic carbocycles. The maximum Gasteiger partial charge on any atom is 0.319 e. The molecule has 23 heavy (non-hydrogen) atoms. The summed E-state index contributed by atoms with van der Waals surface area (Å²) in [6, 6.07) is 4.77. The van der Waals surface area contributed by atoms with Gasteiger partial charge in [-0.25, -0.2) is 4.79 Å². The molecule has 1 aliphatic heterocycles. The number of hydrogen-bond donors (Lipinski definition) is 3. The molecule has 124 valence electrons. The molecule has 7 nitrogen and oxygen atoms in total. The Bertz CT molecular complexity index is 609. The van der Waals surface area contributed by atoms with E-state index >= 15 is 0 Å². The highest BCUT2D eigenvalue weighted by molar-refractivity contribution is 5.94. The number of nitrogens with zero attached hydrogens (tertiary/aromatic N) is 1. The summed E-state index contributed by atoms with van der Waals surface area (Å²) in [7, 11) is 0. The molecule has 0 bridgehead atoms. The van der Waals surface area contributed by atoms with Gasteiger partial charge in [0.1, 0.15) is 0 Å². The maximum atomic E-state index is 11.9. The lowest BCUT2D eigenvalue weighted by atomic mass is 10.2. The van der Waals surface area contributed by atoms with E-state index in [0.29, 0.717) is 11.4 Å². The molecule has 0 aromatic heterocycles. The molecule has 0 spiro atoms. The summed E-state index contributed by atoms with van der Waals surface area (Å²) in [4.78, 5) is 36.6. The number of benzene rings is 1. The van der Waals surface area contributed by atoms with Gasteiger partial charge in [-0.1, -0.05) is 6.07 Å². The van der Waals surface area contributed by atoms with Gasteiger partial charge in [-0.15, -0.1) is 0 Å². The molecule has 0 unspecified atom stereocenters. The normalized spacial score (nSPS) is 13.6. The van der Waals surface area contributed by atoms with Gasteiger partial charge in [0, 0.05) is 31.4 Å². The van der Waals surface area contributed by atoms with Crippen molar-refractivity contribution >= 4 is 29.2 Å². The molecule has 4 amide bonds. The number of rotatable bonds is 4. The molecular weight excluding hydrogens is 296 g/mol. The van der Waals surface area contributed by atoms with E-state index in [9.17, 15) is 14.4 Å². The van der Waals surface area contributed by atoms with E-state index < -0.39 is 6.03 Å². The SMILES string of the molecule is CC(=O)Nc1cc(NC(=O)NCC(=O)N2CCCC2)ccc1C. The van der Waals surface area contributed by atoms with E-state index in [-0.39, 0.29) is 18.4 Å². The number of anilines is 2. The number of carbonyl (C=O) groups is 3. The van der Waals surface area contributed by atoms with Crippen molar-refractivity contribution in [2.45, 2.75) is 26.7 Å². The number of nitrogens with one attached hydrogen (secondary N) is 3. The molecule has 0 radical (unpaired) electrons. The molecule has 1 aromatic rings. The fourth-order valence-electron chi connectivity index (χ4n) is 2.43. The average molecular weight is 318 g/mol. The molecule has 0 aliphatic carbocycles. The first-order valence-corrected chi connectivity index (χ1v) is 7.66. The minimum atomic E-state index is -0.449. The molecule has 7 heteroatoms. The topological polar surface area (TPSA) is 90.5 Å². The number of amides is 4. The van der Waals surface area contributed by atoms with Crippen molar-refractivity contribution in [3.05, 3.63) is 23.8 Å². The van der Waals surface area contributed by atoms with E-state index in [1.165, 1.54) is 6.92 Å². The average Bonchev–Trinajstić information content (AvgIpc) is 3.02. The Kier molecular flexibility index (Phi) is 5.56. The van der Waals surface area contributed by atoms with Gasteiger partial charge in [0.05, 0.1) is 6.54 Å². The number of urea groups is 1. The second-order valence-electron chi connectivity index (χ2n) is 5.61. The summed E-state index contributed by atoms with van der Waals surface area (Å²) in [5, 5.41) is 7.91. The Balaban J connectivity index is 1.87. The smallest absolute Gasteiger partial charge is 0.319 e. The van der Waals surface area contributed by atoms with Crippen LogP contribution in [0.5, 0.6) is 0 Å². The zero-order valence-corrected chi connectivity index (χ0v) is 13.4. The molecule has 1 fully saturated rings. The summed E-state index contributed by atoms with van der Waals surface area (Å²) in [6.45, 7) is 4.80. The maximum absolute atomic E-state index is 11.9. The van der Waals surface area contributed by atoms with Crippen LogP contribution in [0.4, 0.5) is 16.2 Å². The third kappa shape index (κ3) is 4.98. The van der Waals surface area contributed by atoms with Crippen molar-refractivity contribution in [1.82, 2.24) is 10.2 Å². The minimum Gasteiger partial charge on any atom is -0.341 e. The predicted octanol–water partition coefficient (Wildman–Crippen LogP) is 1.70. The fourth-order valence-corrected chi connectivity index (χ4v) is 2.43. The first-order valence-electron chi connectivity index (χ1n) is 7.66. The standard InChI is InChI=1S/C16H22N4O3/c1-11-5-6-13(9-14(11)18-12(2)21)19-16(23)17-10-15(22)20-7-3-4-8-20/h5-6,9H,3-4,7-8,10H2,1-2H3,(H,18,21)(H2,17,19,23). The molecule has 3 N–H and O–H groups in total. The van der Waals surface area contributed by atoms with Crippen LogP contribution in [0, 0.1) is 6.92 Å². The summed E-state index contributed by atoms with van der Waals surface area (Å²) < 4.78 is 0. The first kappa shape index (κ1) is 16.8. The van der Waals surface area contributed by atoms with Crippen molar-refractivity contribution in [3.63, 3.8) is 0 Å². The second kappa shape index (κ2) is 7.62. The van der Waals surface area contributed by atoms with Gasteiger partial charge in [0.2, 0.25) is 11.8 Å². The second-order valence-corrected chi connectivity index (χ2v) is 5.61. The van der Waals surface area contributed by atoms with E-state index in [4.69, 9.17) is 0 Å². The van der Waals surface area contributed by atoms with E-state index in [1.54, 1.807) is 23.1 Å². The Morgan fingerprint density at radius 1 is 1.13 bits per heavy atom. The van der Waals surface area contributed by atoms with Gasteiger partial charge in [-0.3, -0.25) is 9.59 Å². The lowest BCUT2D eigenvalue weighted by molar-refractivity contribution is -0.129. The lowest BCUT2D eigenvalue weighted by Crippen LogP contribution is -2.40. The quantitative estimate of drug-likeness (QED) is 0.789. The van der Waals surface area contributed by atoms with Gasteiger partial charge in [-0.05, 0) is 37.5 Å². The minimum absolute atomic E-state index is 0.0176. The predicted molar refractivity (Wildman–Crippen MR) is 88.3 cm³/mol. The highest BCUT2D eigenvalue weighted by atomic mass is 16.2. The summed E-state index contributed by atoms with van der Waals surface area (Å²) in [5.41, 5.74) is 2.09. The first-order chi connectivity index (χ1) is 11.0. The van der Waals surface area contributed by atoms with Crippen LogP contribution in [0.2, 0.25) is 0 Å². The highest BCUT2D eigenvalue weighted by Gasteiger charge is 2.18. The van der Waals surface area contributed by atoms with Crippen LogP contribution in [0.1, 0.15) is 25.3 Å². The number of hydrogen-bond acceptors (Lipinski definition) is 3. The van der Waals surface area contributed by atoms with Crippen LogP contribution in [-0.4, -0.2) is 42.4 Å². The van der Waals surface area contributed by atoms with Crippen molar-refractivity contribution in [1.29, 1.82) is 0 Å². The van der Waals surface area contributed by atoms with Gasteiger partial charge >= 0.3 is 6.03 Å². The monoisotopic (exact) mass is 318 g/mol. The third-order valence-electron chi connectivity index (χ3n) is 3.67. The Labute approximate surface area is 135 Å². The van der Waals surface area contributed by atoms with Gasteiger partial charge < -0.3 is 20.9 Å².